The van der Waals surface area contributed by atoms with Gasteiger partial charge in [0.05, 0.1) is 6.54 Å². The lowest BCUT2D eigenvalue weighted by molar-refractivity contribution is 0.403. The fourth-order valence-electron chi connectivity index (χ4n) is 3.34. The predicted octanol–water partition coefficient (Wildman–Crippen LogP) is 5.08. The van der Waals surface area contributed by atoms with Crippen molar-refractivity contribution < 1.29 is 5.11 Å². The summed E-state index contributed by atoms with van der Waals surface area (Å²) < 4.78 is 0. The van der Waals surface area contributed by atoms with Gasteiger partial charge in [0.15, 0.2) is 11.9 Å². The summed E-state index contributed by atoms with van der Waals surface area (Å²) in [4.78, 5) is 9.31. The van der Waals surface area contributed by atoms with Gasteiger partial charge in [-0.1, -0.05) is 70.4 Å². The van der Waals surface area contributed by atoms with E-state index in [9.17, 15) is 5.11 Å². The average Bonchev–Trinajstić information content (AvgIpc) is 2.68. The Morgan fingerprint density at radius 2 is 1.33 bits per heavy atom. The molecule has 1 aliphatic rings. The van der Waals surface area contributed by atoms with Gasteiger partial charge in [-0.15, -0.1) is 12.4 Å². The number of unbranched alkanes of at least 4 members (excludes halogenated alkanes) is 8. The average molecular weight is 438 g/mol. The van der Waals surface area contributed by atoms with Crippen LogP contribution >= 0.6 is 12.4 Å². The Balaban J connectivity index is 0.00000450. The van der Waals surface area contributed by atoms with Crippen LogP contribution in [0.5, 0.6) is 5.75 Å². The third-order valence-electron chi connectivity index (χ3n) is 4.99. The molecule has 0 saturated carbocycles. The molecule has 0 bridgehead atoms. The summed E-state index contributed by atoms with van der Waals surface area (Å²) >= 11 is 0. The molecule has 0 aromatic heterocycles. The van der Waals surface area contributed by atoms with Gasteiger partial charge in [0, 0.05) is 6.54 Å². The Hall–Kier alpha value is -1.95. The van der Waals surface area contributed by atoms with Gasteiger partial charge in [0.25, 0.3) is 0 Å². The van der Waals surface area contributed by atoms with E-state index in [2.05, 4.69) is 41.7 Å². The van der Waals surface area contributed by atoms with Crippen molar-refractivity contribution in [1.82, 2.24) is 16.0 Å². The highest BCUT2D eigenvalue weighted by atomic mass is 35.5. The maximum atomic E-state index is 9.39. The van der Waals surface area contributed by atoms with Gasteiger partial charge in [-0.3, -0.25) is 10.3 Å². The van der Waals surface area contributed by atoms with E-state index in [1.54, 1.807) is 12.1 Å². The minimum Gasteiger partial charge on any atom is -0.508 e. The molecule has 1 aromatic carbocycles. The van der Waals surface area contributed by atoms with Gasteiger partial charge in [0.1, 0.15) is 11.4 Å². The Labute approximate surface area is 188 Å². The first-order valence-electron chi connectivity index (χ1n) is 11.2. The van der Waals surface area contributed by atoms with Crippen molar-refractivity contribution in [1.29, 1.82) is 0 Å². The minimum atomic E-state index is -0.309. The summed E-state index contributed by atoms with van der Waals surface area (Å²) in [7, 11) is 0. The fourth-order valence-corrected chi connectivity index (χ4v) is 3.34. The lowest BCUT2D eigenvalue weighted by Gasteiger charge is -2.36. The zero-order valence-corrected chi connectivity index (χ0v) is 19.7. The zero-order chi connectivity index (χ0) is 21.0. The van der Waals surface area contributed by atoms with Crippen LogP contribution in [0.4, 0.5) is 0 Å². The van der Waals surface area contributed by atoms with Crippen LogP contribution in [-0.2, 0) is 6.54 Å². The van der Waals surface area contributed by atoms with E-state index in [1.165, 1.54) is 51.4 Å². The Bertz CT molecular complexity index is 658. The lowest BCUT2D eigenvalue weighted by atomic mass is 10.1. The highest BCUT2D eigenvalue weighted by molar-refractivity contribution is 6.01. The normalized spacial score (nSPS) is 17.7. The molecule has 1 aromatic rings. The SMILES string of the molecule is CCCCCCCCCCCN=C1NC(=NCc2ccc(O)cc2)NC(C)(C)N1.Cl. The molecule has 6 nitrogen and oxygen atoms in total. The molecule has 170 valence electrons. The molecular weight excluding hydrogens is 398 g/mol. The predicted molar refractivity (Wildman–Crippen MR) is 130 cm³/mol. The largest absolute Gasteiger partial charge is 0.508 e. The number of guanidine groups is 2. The van der Waals surface area contributed by atoms with E-state index < -0.39 is 0 Å². The van der Waals surface area contributed by atoms with Crippen LogP contribution in [0.3, 0.4) is 0 Å². The smallest absolute Gasteiger partial charge is 0.200 e. The van der Waals surface area contributed by atoms with Crippen molar-refractivity contribution in [3.8, 4) is 5.75 Å². The van der Waals surface area contributed by atoms with E-state index in [0.717, 1.165) is 24.5 Å². The first-order valence-corrected chi connectivity index (χ1v) is 11.2. The second-order valence-corrected chi connectivity index (χ2v) is 8.39. The number of halogens is 1. The second-order valence-electron chi connectivity index (χ2n) is 8.39. The highest BCUT2D eigenvalue weighted by Gasteiger charge is 2.26. The minimum absolute atomic E-state index is 0. The molecule has 0 radical (unpaired) electrons. The molecule has 1 saturated heterocycles. The monoisotopic (exact) mass is 437 g/mol. The first-order chi connectivity index (χ1) is 14.0. The topological polar surface area (TPSA) is 81.0 Å². The number of nitrogens with zero attached hydrogens (tertiary/aromatic N) is 2. The summed E-state index contributed by atoms with van der Waals surface area (Å²) in [5.41, 5.74) is 0.736. The van der Waals surface area contributed by atoms with E-state index in [1.807, 2.05) is 12.1 Å². The fraction of sp³-hybridized carbons (Fsp3) is 0.652. The number of hydrogen-bond acceptors (Lipinski definition) is 3. The molecule has 2 rings (SSSR count). The second kappa shape index (κ2) is 14.1. The van der Waals surface area contributed by atoms with Crippen LogP contribution in [0.1, 0.15) is 84.1 Å². The number of aromatic hydroxyl groups is 1. The standard InChI is InChI=1S/C23H39N5O.ClH/c1-4-5-6-7-8-9-10-11-12-17-24-21-26-22(28-23(2,3)27-21)25-18-19-13-15-20(29)16-14-19;/h13-16,29H,4-12,17-18H2,1-3H3,(H3,24,25,26,27,28);1H. The number of phenols is 1. The molecular formula is C23H40ClN5O. The number of aliphatic imine (C=N–C) groups is 2. The van der Waals surface area contributed by atoms with Gasteiger partial charge in [-0.25, -0.2) is 4.99 Å². The molecule has 0 spiro atoms. The number of rotatable bonds is 12. The summed E-state index contributed by atoms with van der Waals surface area (Å²) in [6.07, 6.45) is 11.9. The maximum Gasteiger partial charge on any atom is 0.200 e. The van der Waals surface area contributed by atoms with Gasteiger partial charge in [-0.05, 0) is 38.0 Å². The van der Waals surface area contributed by atoms with Crippen molar-refractivity contribution >= 4 is 24.3 Å². The van der Waals surface area contributed by atoms with Crippen LogP contribution in [0, 0.1) is 0 Å². The Morgan fingerprint density at radius 3 is 1.93 bits per heavy atom. The first kappa shape index (κ1) is 26.1. The van der Waals surface area contributed by atoms with Crippen molar-refractivity contribution in [2.75, 3.05) is 6.54 Å². The van der Waals surface area contributed by atoms with Crippen LogP contribution in [0.25, 0.3) is 0 Å². The summed E-state index contributed by atoms with van der Waals surface area (Å²) in [5, 5.41) is 19.4. The number of hydrogen-bond donors (Lipinski definition) is 4. The number of phenolic OH excluding ortho intramolecular Hbond substituents is 1. The van der Waals surface area contributed by atoms with Gasteiger partial charge in [0.2, 0.25) is 0 Å². The lowest BCUT2D eigenvalue weighted by Crippen LogP contribution is -2.68. The molecule has 1 fully saturated rings. The van der Waals surface area contributed by atoms with Crippen LogP contribution in [0.15, 0.2) is 34.3 Å². The molecule has 0 unspecified atom stereocenters. The van der Waals surface area contributed by atoms with E-state index in [-0.39, 0.29) is 23.8 Å². The third kappa shape index (κ3) is 10.7. The molecule has 0 atom stereocenters. The van der Waals surface area contributed by atoms with Crippen molar-refractivity contribution in [3.05, 3.63) is 29.8 Å². The van der Waals surface area contributed by atoms with Gasteiger partial charge in [-0.2, -0.15) is 0 Å². The van der Waals surface area contributed by atoms with E-state index in [4.69, 9.17) is 4.99 Å². The maximum absolute atomic E-state index is 9.39. The molecule has 1 heterocycles. The molecule has 30 heavy (non-hydrogen) atoms. The highest BCUT2D eigenvalue weighted by Crippen LogP contribution is 2.11. The zero-order valence-electron chi connectivity index (χ0n) is 18.8. The molecule has 4 N–H and O–H groups in total. The Kier molecular flexibility index (Phi) is 12.3. The van der Waals surface area contributed by atoms with Gasteiger partial charge >= 0.3 is 0 Å². The van der Waals surface area contributed by atoms with Crippen molar-refractivity contribution in [2.45, 2.75) is 90.8 Å². The summed E-state index contributed by atoms with van der Waals surface area (Å²) in [6, 6.07) is 7.12. The quantitative estimate of drug-likeness (QED) is 0.344. The van der Waals surface area contributed by atoms with E-state index in [0.29, 0.717) is 12.5 Å². The molecule has 0 aliphatic carbocycles. The summed E-state index contributed by atoms with van der Waals surface area (Å²) in [5.74, 6) is 1.76. The summed E-state index contributed by atoms with van der Waals surface area (Å²) in [6.45, 7) is 7.76. The number of benzene rings is 1. The van der Waals surface area contributed by atoms with Gasteiger partial charge < -0.3 is 15.7 Å². The third-order valence-corrected chi connectivity index (χ3v) is 4.99. The number of nitrogens with one attached hydrogen (secondary N) is 3. The van der Waals surface area contributed by atoms with Crippen molar-refractivity contribution in [3.63, 3.8) is 0 Å². The van der Waals surface area contributed by atoms with Crippen LogP contribution in [0.2, 0.25) is 0 Å². The van der Waals surface area contributed by atoms with Crippen molar-refractivity contribution in [2.24, 2.45) is 9.98 Å². The Morgan fingerprint density at radius 1 is 0.800 bits per heavy atom. The van der Waals surface area contributed by atoms with Crippen LogP contribution in [-0.4, -0.2) is 29.2 Å². The molecule has 7 heteroatoms. The van der Waals surface area contributed by atoms with Crippen LogP contribution < -0.4 is 16.0 Å². The molecule has 1 aliphatic heterocycles. The molecule has 0 amide bonds. The van der Waals surface area contributed by atoms with E-state index >= 15 is 0 Å².